The van der Waals surface area contributed by atoms with E-state index in [1.54, 1.807) is 4.90 Å². The van der Waals surface area contributed by atoms with Gasteiger partial charge in [-0.3, -0.25) is 4.79 Å². The van der Waals surface area contributed by atoms with Gasteiger partial charge in [-0.25, -0.2) is 0 Å². The lowest BCUT2D eigenvalue weighted by Gasteiger charge is -2.12. The van der Waals surface area contributed by atoms with Crippen molar-refractivity contribution in [1.29, 1.82) is 0 Å². The molecule has 0 saturated carbocycles. The molecule has 2 aromatic rings. The lowest BCUT2D eigenvalue weighted by molar-refractivity contribution is -0.886. The molecule has 0 radical (unpaired) electrons. The number of carbonyl (C=O) groups is 1. The first-order valence-corrected chi connectivity index (χ1v) is 8.24. The molecule has 2 heterocycles. The summed E-state index contributed by atoms with van der Waals surface area (Å²) >= 11 is 7.77. The Kier molecular flexibility index (Phi) is 5.88. The van der Waals surface area contributed by atoms with Gasteiger partial charge in [0, 0.05) is 22.9 Å². The number of quaternary nitrogens is 1. The fourth-order valence-electron chi connectivity index (χ4n) is 2.72. The van der Waals surface area contributed by atoms with E-state index in [9.17, 15) is 4.79 Å². The van der Waals surface area contributed by atoms with Crippen LogP contribution in [0.25, 0.3) is 10.1 Å². The highest BCUT2D eigenvalue weighted by Crippen LogP contribution is 2.34. The lowest BCUT2D eigenvalue weighted by atomic mass is 10.2. The van der Waals surface area contributed by atoms with Crippen LogP contribution in [0.3, 0.4) is 0 Å². The van der Waals surface area contributed by atoms with Crippen LogP contribution in [-0.2, 0) is 0 Å². The van der Waals surface area contributed by atoms with Crippen molar-refractivity contribution in [1.82, 2.24) is 5.32 Å². The molecule has 1 fully saturated rings. The standard InChI is InChI=1S/C15H17ClN2OS.ClH/c16-13-11-5-1-2-6-12(11)20-14(13)15(19)17-7-10-18-8-3-4-9-18;/h1-2,5-6H,3-4,7-10H2,(H,17,19);1H. The van der Waals surface area contributed by atoms with E-state index < -0.39 is 0 Å². The highest BCUT2D eigenvalue weighted by atomic mass is 35.5. The number of hydrogen-bond acceptors (Lipinski definition) is 2. The number of carbonyl (C=O) groups excluding carboxylic acids is 1. The van der Waals surface area contributed by atoms with Gasteiger partial charge in [-0.15, -0.1) is 11.3 Å². The van der Waals surface area contributed by atoms with Gasteiger partial charge in [-0.05, 0) is 6.07 Å². The monoisotopic (exact) mass is 344 g/mol. The van der Waals surface area contributed by atoms with E-state index in [4.69, 9.17) is 11.6 Å². The molecule has 21 heavy (non-hydrogen) atoms. The largest absolute Gasteiger partial charge is 1.00 e. The molecule has 6 heteroatoms. The molecule has 1 amide bonds. The Morgan fingerprint density at radius 3 is 2.71 bits per heavy atom. The van der Waals surface area contributed by atoms with E-state index >= 15 is 0 Å². The van der Waals surface area contributed by atoms with Crippen LogP contribution in [0.1, 0.15) is 22.5 Å². The predicted molar refractivity (Wildman–Crippen MR) is 84.0 cm³/mol. The minimum absolute atomic E-state index is 0. The summed E-state index contributed by atoms with van der Waals surface area (Å²) in [5.41, 5.74) is 0. The lowest BCUT2D eigenvalue weighted by Crippen LogP contribution is -3.10. The zero-order chi connectivity index (χ0) is 13.9. The van der Waals surface area contributed by atoms with Gasteiger partial charge in [0.2, 0.25) is 0 Å². The van der Waals surface area contributed by atoms with Crippen LogP contribution in [0.5, 0.6) is 0 Å². The average Bonchev–Trinajstić information content (AvgIpc) is 3.08. The minimum Gasteiger partial charge on any atom is -1.00 e. The van der Waals surface area contributed by atoms with Gasteiger partial charge in [-0.2, -0.15) is 0 Å². The highest BCUT2D eigenvalue weighted by Gasteiger charge is 2.18. The first-order valence-electron chi connectivity index (χ1n) is 7.04. The van der Waals surface area contributed by atoms with Crippen molar-refractivity contribution in [2.24, 2.45) is 0 Å². The van der Waals surface area contributed by atoms with Crippen molar-refractivity contribution in [2.45, 2.75) is 12.8 Å². The molecule has 3 nitrogen and oxygen atoms in total. The molecule has 0 aliphatic carbocycles. The fourth-order valence-corrected chi connectivity index (χ4v) is 4.15. The third kappa shape index (κ3) is 3.69. The van der Waals surface area contributed by atoms with Crippen LogP contribution in [0.2, 0.25) is 5.02 Å². The second-order valence-electron chi connectivity index (χ2n) is 5.20. The minimum atomic E-state index is -0.0465. The summed E-state index contributed by atoms with van der Waals surface area (Å²) in [5.74, 6) is -0.0465. The Morgan fingerprint density at radius 1 is 1.29 bits per heavy atom. The Morgan fingerprint density at radius 2 is 2.00 bits per heavy atom. The van der Waals surface area contributed by atoms with Crippen molar-refractivity contribution in [3.05, 3.63) is 34.2 Å². The first kappa shape index (κ1) is 16.6. The summed E-state index contributed by atoms with van der Waals surface area (Å²) in [6.45, 7) is 4.20. The number of hydrogen-bond donors (Lipinski definition) is 2. The maximum atomic E-state index is 12.2. The zero-order valence-electron chi connectivity index (χ0n) is 11.6. The van der Waals surface area contributed by atoms with Gasteiger partial charge >= 0.3 is 0 Å². The van der Waals surface area contributed by atoms with E-state index in [-0.39, 0.29) is 18.3 Å². The van der Waals surface area contributed by atoms with Crippen molar-refractivity contribution in [2.75, 3.05) is 26.2 Å². The van der Waals surface area contributed by atoms with E-state index in [0.29, 0.717) is 9.90 Å². The number of likely N-dealkylation sites (tertiary alicyclic amines) is 1. The SMILES string of the molecule is O=C(NCC[NH+]1CCCC1)c1sc2ccccc2c1Cl.[Cl-]. The molecule has 1 aromatic carbocycles. The molecule has 0 atom stereocenters. The molecule has 114 valence electrons. The molecule has 0 bridgehead atoms. The van der Waals surface area contributed by atoms with E-state index in [1.165, 1.54) is 37.3 Å². The quantitative estimate of drug-likeness (QED) is 0.730. The highest BCUT2D eigenvalue weighted by molar-refractivity contribution is 7.21. The summed E-state index contributed by atoms with van der Waals surface area (Å²) in [7, 11) is 0. The molecule has 0 spiro atoms. The van der Waals surface area contributed by atoms with Gasteiger partial charge < -0.3 is 22.6 Å². The number of amides is 1. The van der Waals surface area contributed by atoms with Gasteiger partial charge in [0.1, 0.15) is 4.88 Å². The third-order valence-electron chi connectivity index (χ3n) is 3.82. The first-order chi connectivity index (χ1) is 9.75. The van der Waals surface area contributed by atoms with Crippen LogP contribution in [-0.4, -0.2) is 32.1 Å². The van der Waals surface area contributed by atoms with Crippen LogP contribution in [0.15, 0.2) is 24.3 Å². The normalized spacial score (nSPS) is 15.1. The second kappa shape index (κ2) is 7.45. The molecule has 1 aliphatic rings. The summed E-state index contributed by atoms with van der Waals surface area (Å²) in [4.78, 5) is 14.4. The fraction of sp³-hybridized carbons (Fsp3) is 0.400. The van der Waals surface area contributed by atoms with Gasteiger partial charge in [-0.1, -0.05) is 29.8 Å². The Balaban J connectivity index is 0.00000161. The molecular weight excluding hydrogens is 327 g/mol. The Hall–Kier alpha value is -0.810. The van der Waals surface area contributed by atoms with E-state index in [1.807, 2.05) is 24.3 Å². The zero-order valence-corrected chi connectivity index (χ0v) is 14.0. The smallest absolute Gasteiger partial charge is 0.263 e. The van der Waals surface area contributed by atoms with Crippen LogP contribution < -0.4 is 22.6 Å². The molecular formula is C15H18Cl2N2OS. The average molecular weight is 345 g/mol. The van der Waals surface area contributed by atoms with Crippen LogP contribution >= 0.6 is 22.9 Å². The number of nitrogens with one attached hydrogen (secondary N) is 2. The van der Waals surface area contributed by atoms with Gasteiger partial charge in [0.15, 0.2) is 0 Å². The number of halogens is 2. The van der Waals surface area contributed by atoms with Crippen molar-refractivity contribution in [3.8, 4) is 0 Å². The third-order valence-corrected chi connectivity index (χ3v) is 5.49. The number of thiophene rings is 1. The summed E-state index contributed by atoms with van der Waals surface area (Å²) in [5, 5.41) is 4.54. The van der Waals surface area contributed by atoms with Crippen LogP contribution in [0.4, 0.5) is 0 Å². The summed E-state index contributed by atoms with van der Waals surface area (Å²) < 4.78 is 1.06. The van der Waals surface area contributed by atoms with E-state index in [0.717, 1.165) is 23.2 Å². The number of benzene rings is 1. The van der Waals surface area contributed by atoms with Crippen molar-refractivity contribution in [3.63, 3.8) is 0 Å². The molecule has 3 rings (SSSR count). The molecule has 1 aliphatic heterocycles. The maximum absolute atomic E-state index is 12.2. The van der Waals surface area contributed by atoms with Crippen molar-refractivity contribution >= 4 is 38.9 Å². The van der Waals surface area contributed by atoms with Crippen LogP contribution in [0, 0.1) is 0 Å². The van der Waals surface area contributed by atoms with E-state index in [2.05, 4.69) is 5.32 Å². The Labute approximate surface area is 139 Å². The molecule has 2 N–H and O–H groups in total. The Bertz CT molecular complexity index is 623. The number of fused-ring (bicyclic) bond motifs is 1. The molecule has 1 aromatic heterocycles. The predicted octanol–water partition coefficient (Wildman–Crippen LogP) is -1.03. The van der Waals surface area contributed by atoms with Crippen molar-refractivity contribution < 1.29 is 22.1 Å². The molecule has 0 unspecified atom stereocenters. The topological polar surface area (TPSA) is 33.5 Å². The molecule has 1 saturated heterocycles. The van der Waals surface area contributed by atoms with Gasteiger partial charge in [0.25, 0.3) is 5.91 Å². The summed E-state index contributed by atoms with van der Waals surface area (Å²) in [6, 6.07) is 7.86. The second-order valence-corrected chi connectivity index (χ2v) is 6.63. The van der Waals surface area contributed by atoms with Gasteiger partial charge in [0.05, 0.1) is 31.2 Å². The summed E-state index contributed by atoms with van der Waals surface area (Å²) in [6.07, 6.45) is 2.62. The maximum Gasteiger partial charge on any atom is 0.263 e. The number of rotatable bonds is 4.